The molecule has 2 heterocycles. The van der Waals surface area contributed by atoms with Crippen molar-refractivity contribution in [2.24, 2.45) is 0 Å². The molecule has 1 fully saturated rings. The number of nitrogens with one attached hydrogen (secondary N) is 1. The van der Waals surface area contributed by atoms with Crippen LogP contribution in [0.3, 0.4) is 0 Å². The first kappa shape index (κ1) is 11.7. The number of likely N-dealkylation sites (tertiary alicyclic amines) is 1. The molecule has 2 aliphatic rings. The molecule has 0 aliphatic carbocycles. The topological polar surface area (TPSA) is 33.7 Å². The van der Waals surface area contributed by atoms with Gasteiger partial charge in [-0.1, -0.05) is 0 Å². The van der Waals surface area contributed by atoms with Crippen molar-refractivity contribution in [3.8, 4) is 11.5 Å². The van der Waals surface area contributed by atoms with E-state index in [9.17, 15) is 0 Å². The van der Waals surface area contributed by atoms with Crippen LogP contribution in [0.15, 0.2) is 18.2 Å². The van der Waals surface area contributed by atoms with Crippen LogP contribution in [-0.4, -0.2) is 43.8 Å². The minimum atomic E-state index is 0.521. The average Bonchev–Trinajstić information content (AvgIpc) is 2.68. The van der Waals surface area contributed by atoms with Gasteiger partial charge in [0, 0.05) is 30.4 Å². The lowest BCUT2D eigenvalue weighted by molar-refractivity contribution is 0.171. The van der Waals surface area contributed by atoms with Gasteiger partial charge in [-0.3, -0.25) is 0 Å². The normalized spacial score (nSPS) is 27.2. The molecule has 0 saturated carbocycles. The number of ether oxygens (including phenoxy) is 2. The van der Waals surface area contributed by atoms with Crippen LogP contribution < -0.4 is 14.8 Å². The van der Waals surface area contributed by atoms with Gasteiger partial charge in [0.2, 0.25) is 0 Å². The van der Waals surface area contributed by atoms with Gasteiger partial charge in [0.15, 0.2) is 11.5 Å². The predicted molar refractivity (Wildman–Crippen MR) is 71.6 cm³/mol. The number of rotatable bonds is 2. The van der Waals surface area contributed by atoms with Crippen LogP contribution in [-0.2, 0) is 0 Å². The Morgan fingerprint density at radius 1 is 1.22 bits per heavy atom. The molecule has 2 unspecified atom stereocenters. The molecule has 1 aromatic rings. The number of hydrogen-bond acceptors (Lipinski definition) is 4. The highest BCUT2D eigenvalue weighted by Crippen LogP contribution is 2.33. The Labute approximate surface area is 108 Å². The highest BCUT2D eigenvalue weighted by Gasteiger charge is 2.26. The first-order chi connectivity index (χ1) is 8.72. The van der Waals surface area contributed by atoms with Gasteiger partial charge in [0.25, 0.3) is 0 Å². The molecule has 1 saturated heterocycles. The van der Waals surface area contributed by atoms with Gasteiger partial charge in [-0.25, -0.2) is 0 Å². The zero-order chi connectivity index (χ0) is 12.5. The van der Waals surface area contributed by atoms with Crippen LogP contribution in [0, 0.1) is 0 Å². The number of anilines is 1. The third-order valence-corrected chi connectivity index (χ3v) is 3.80. The second kappa shape index (κ2) is 4.69. The fourth-order valence-electron chi connectivity index (χ4n) is 2.67. The minimum Gasteiger partial charge on any atom is -0.486 e. The summed E-state index contributed by atoms with van der Waals surface area (Å²) in [5.41, 5.74) is 1.12. The number of benzene rings is 1. The summed E-state index contributed by atoms with van der Waals surface area (Å²) in [6, 6.07) is 7.26. The summed E-state index contributed by atoms with van der Waals surface area (Å²) in [6.45, 7) is 4.64. The van der Waals surface area contributed by atoms with E-state index in [0.29, 0.717) is 25.3 Å². The minimum absolute atomic E-state index is 0.521. The lowest BCUT2D eigenvalue weighted by Gasteiger charge is -2.20. The van der Waals surface area contributed by atoms with Crippen molar-refractivity contribution in [1.82, 2.24) is 4.90 Å². The second-order valence-corrected chi connectivity index (χ2v) is 5.22. The first-order valence-electron chi connectivity index (χ1n) is 6.59. The fourth-order valence-corrected chi connectivity index (χ4v) is 2.67. The third kappa shape index (κ3) is 2.25. The van der Waals surface area contributed by atoms with Gasteiger partial charge >= 0.3 is 0 Å². The van der Waals surface area contributed by atoms with E-state index >= 15 is 0 Å². The molecule has 98 valence electrons. The van der Waals surface area contributed by atoms with Gasteiger partial charge in [0.05, 0.1) is 0 Å². The maximum Gasteiger partial charge on any atom is 0.163 e. The van der Waals surface area contributed by atoms with Crippen LogP contribution in [0.4, 0.5) is 5.69 Å². The van der Waals surface area contributed by atoms with Gasteiger partial charge in [-0.15, -0.1) is 0 Å². The zero-order valence-corrected chi connectivity index (χ0v) is 11.0. The zero-order valence-electron chi connectivity index (χ0n) is 11.0. The second-order valence-electron chi connectivity index (χ2n) is 5.22. The number of fused-ring (bicyclic) bond motifs is 1. The number of nitrogens with zero attached hydrogens (tertiary/aromatic N) is 1. The molecule has 0 amide bonds. The SMILES string of the molecule is CC1CC(Nc2ccc3c(c2)OCCO3)CN1C. The summed E-state index contributed by atoms with van der Waals surface area (Å²) in [7, 11) is 2.18. The summed E-state index contributed by atoms with van der Waals surface area (Å²) >= 11 is 0. The summed E-state index contributed by atoms with van der Waals surface area (Å²) in [6.07, 6.45) is 1.19. The number of hydrogen-bond donors (Lipinski definition) is 1. The Kier molecular flexibility index (Phi) is 3.04. The van der Waals surface area contributed by atoms with Crippen molar-refractivity contribution in [2.45, 2.75) is 25.4 Å². The van der Waals surface area contributed by atoms with Crippen molar-refractivity contribution in [3.05, 3.63) is 18.2 Å². The highest BCUT2D eigenvalue weighted by atomic mass is 16.6. The van der Waals surface area contributed by atoms with Gasteiger partial charge in [-0.2, -0.15) is 0 Å². The largest absolute Gasteiger partial charge is 0.486 e. The van der Waals surface area contributed by atoms with Crippen LogP contribution in [0.25, 0.3) is 0 Å². The Bertz CT molecular complexity index is 426. The molecule has 2 aliphatic heterocycles. The Morgan fingerprint density at radius 2 is 2.00 bits per heavy atom. The molecule has 3 rings (SSSR count). The fraction of sp³-hybridized carbons (Fsp3) is 0.571. The average molecular weight is 248 g/mol. The van der Waals surface area contributed by atoms with E-state index in [1.807, 2.05) is 12.1 Å². The monoisotopic (exact) mass is 248 g/mol. The quantitative estimate of drug-likeness (QED) is 0.867. The van der Waals surface area contributed by atoms with Gasteiger partial charge in [-0.05, 0) is 32.5 Å². The van der Waals surface area contributed by atoms with Crippen molar-refractivity contribution in [1.29, 1.82) is 0 Å². The van der Waals surface area contributed by atoms with Crippen LogP contribution in [0.1, 0.15) is 13.3 Å². The number of likely N-dealkylation sites (N-methyl/N-ethyl adjacent to an activating group) is 1. The van der Waals surface area contributed by atoms with E-state index in [-0.39, 0.29) is 0 Å². The molecule has 4 heteroatoms. The van der Waals surface area contributed by atoms with Crippen LogP contribution in [0.2, 0.25) is 0 Å². The molecule has 2 atom stereocenters. The smallest absolute Gasteiger partial charge is 0.163 e. The molecule has 0 radical (unpaired) electrons. The molecular formula is C14H20N2O2. The lowest BCUT2D eigenvalue weighted by Crippen LogP contribution is -2.25. The van der Waals surface area contributed by atoms with Crippen molar-refractivity contribution in [3.63, 3.8) is 0 Å². The summed E-state index contributed by atoms with van der Waals surface area (Å²) in [5, 5.41) is 3.57. The van der Waals surface area contributed by atoms with E-state index in [0.717, 1.165) is 23.7 Å². The first-order valence-corrected chi connectivity index (χ1v) is 6.59. The molecule has 4 nitrogen and oxygen atoms in total. The van der Waals surface area contributed by atoms with E-state index in [1.165, 1.54) is 6.42 Å². The predicted octanol–water partition coefficient (Wildman–Crippen LogP) is 1.96. The summed E-state index contributed by atoms with van der Waals surface area (Å²) < 4.78 is 11.1. The molecule has 1 aromatic carbocycles. The van der Waals surface area contributed by atoms with Crippen LogP contribution >= 0.6 is 0 Å². The molecule has 0 spiro atoms. The van der Waals surface area contributed by atoms with Crippen LogP contribution in [0.5, 0.6) is 11.5 Å². The summed E-state index contributed by atoms with van der Waals surface area (Å²) in [4.78, 5) is 2.38. The molecule has 0 bridgehead atoms. The Balaban J connectivity index is 1.70. The van der Waals surface area contributed by atoms with Crippen molar-refractivity contribution >= 4 is 5.69 Å². The molecular weight excluding hydrogens is 228 g/mol. The molecule has 0 aromatic heterocycles. The van der Waals surface area contributed by atoms with Gasteiger partial charge in [0.1, 0.15) is 13.2 Å². The Hall–Kier alpha value is -1.42. The summed E-state index contributed by atoms with van der Waals surface area (Å²) in [5.74, 6) is 1.70. The van der Waals surface area contributed by atoms with E-state index in [1.54, 1.807) is 0 Å². The Morgan fingerprint density at radius 3 is 2.72 bits per heavy atom. The van der Waals surface area contributed by atoms with Gasteiger partial charge < -0.3 is 19.7 Å². The van der Waals surface area contributed by atoms with Crippen molar-refractivity contribution < 1.29 is 9.47 Å². The van der Waals surface area contributed by atoms with Crippen molar-refractivity contribution in [2.75, 3.05) is 32.1 Å². The van der Waals surface area contributed by atoms with E-state index in [4.69, 9.17) is 9.47 Å². The maximum absolute atomic E-state index is 5.60. The highest BCUT2D eigenvalue weighted by molar-refractivity contribution is 5.55. The third-order valence-electron chi connectivity index (χ3n) is 3.80. The lowest BCUT2D eigenvalue weighted by atomic mass is 10.1. The van der Waals surface area contributed by atoms with E-state index < -0.39 is 0 Å². The molecule has 18 heavy (non-hydrogen) atoms. The molecule has 1 N–H and O–H groups in total. The maximum atomic E-state index is 5.60. The van der Waals surface area contributed by atoms with E-state index in [2.05, 4.69) is 30.3 Å². The standard InChI is InChI=1S/C14H20N2O2/c1-10-7-12(9-16(10)2)15-11-3-4-13-14(8-11)18-6-5-17-13/h3-4,8,10,12,15H,5-7,9H2,1-2H3.